The number of rotatable bonds is 3. The highest BCUT2D eigenvalue weighted by molar-refractivity contribution is 5.93. The summed E-state index contributed by atoms with van der Waals surface area (Å²) in [7, 11) is 0. The van der Waals surface area contributed by atoms with Gasteiger partial charge in [0, 0.05) is 32.0 Å². The minimum Gasteiger partial charge on any atom is -0.377 e. The Morgan fingerprint density at radius 3 is 3.06 bits per heavy atom. The first kappa shape index (κ1) is 12.8. The van der Waals surface area contributed by atoms with E-state index in [2.05, 4.69) is 4.98 Å². The summed E-state index contributed by atoms with van der Waals surface area (Å²) in [6.45, 7) is 4.02. The minimum atomic E-state index is -0.197. The Balaban J connectivity index is 2.04. The zero-order chi connectivity index (χ0) is 13.0. The van der Waals surface area contributed by atoms with Crippen LogP contribution in [0, 0.1) is 0 Å². The molecule has 1 N–H and O–H groups in total. The van der Waals surface area contributed by atoms with E-state index in [0.29, 0.717) is 18.7 Å². The number of aromatic amines is 1. The van der Waals surface area contributed by atoms with Crippen molar-refractivity contribution in [1.82, 2.24) is 9.88 Å². The number of nitrogens with zero attached hydrogens (tertiary/aromatic N) is 1. The molecule has 0 radical (unpaired) electrons. The van der Waals surface area contributed by atoms with E-state index in [4.69, 9.17) is 4.74 Å². The third-order valence-electron chi connectivity index (χ3n) is 3.10. The summed E-state index contributed by atoms with van der Waals surface area (Å²) >= 11 is 0. The van der Waals surface area contributed by atoms with Crippen LogP contribution in [0.2, 0.25) is 0 Å². The number of hydrogen-bond donors (Lipinski definition) is 1. The van der Waals surface area contributed by atoms with Gasteiger partial charge in [-0.15, -0.1) is 0 Å². The first-order chi connectivity index (χ1) is 8.70. The summed E-state index contributed by atoms with van der Waals surface area (Å²) in [5, 5.41) is 0. The van der Waals surface area contributed by atoms with Gasteiger partial charge in [-0.3, -0.25) is 9.59 Å². The quantitative estimate of drug-likeness (QED) is 0.871. The highest BCUT2D eigenvalue weighted by Crippen LogP contribution is 2.15. The maximum atomic E-state index is 12.2. The van der Waals surface area contributed by atoms with Crippen molar-refractivity contribution in [2.75, 3.05) is 19.7 Å². The van der Waals surface area contributed by atoms with Gasteiger partial charge in [0.2, 0.25) is 5.56 Å². The molecule has 2 heterocycles. The summed E-state index contributed by atoms with van der Waals surface area (Å²) in [6, 6.07) is 2.93. The van der Waals surface area contributed by atoms with Gasteiger partial charge in [-0.1, -0.05) is 0 Å². The van der Waals surface area contributed by atoms with Crippen LogP contribution in [0.25, 0.3) is 0 Å². The van der Waals surface area contributed by atoms with Gasteiger partial charge in [-0.2, -0.15) is 0 Å². The number of amides is 1. The van der Waals surface area contributed by atoms with Crippen LogP contribution in [0.1, 0.15) is 30.1 Å². The molecule has 1 aromatic rings. The fourth-order valence-electron chi connectivity index (χ4n) is 2.22. The number of nitrogens with one attached hydrogen (secondary N) is 1. The molecule has 5 heteroatoms. The van der Waals surface area contributed by atoms with E-state index >= 15 is 0 Å². The molecule has 1 saturated heterocycles. The number of likely N-dealkylation sites (tertiary alicyclic amines) is 1. The van der Waals surface area contributed by atoms with Crippen molar-refractivity contribution < 1.29 is 9.53 Å². The number of carbonyl (C=O) groups is 1. The normalized spacial score (nSPS) is 19.8. The SMILES string of the molecule is CCOC1CCCN(C(=O)c2ccc(=O)[nH]c2)C1. The molecule has 1 atom stereocenters. The van der Waals surface area contributed by atoms with Crippen molar-refractivity contribution in [3.8, 4) is 0 Å². The summed E-state index contributed by atoms with van der Waals surface area (Å²) in [5.74, 6) is -0.0457. The second-order valence-electron chi connectivity index (χ2n) is 4.41. The van der Waals surface area contributed by atoms with Crippen molar-refractivity contribution in [3.05, 3.63) is 34.2 Å². The van der Waals surface area contributed by atoms with Crippen LogP contribution < -0.4 is 5.56 Å². The molecular weight excluding hydrogens is 232 g/mol. The number of H-pyrrole nitrogens is 1. The van der Waals surface area contributed by atoms with Crippen molar-refractivity contribution in [3.63, 3.8) is 0 Å². The number of carbonyl (C=O) groups excluding carboxylic acids is 1. The zero-order valence-corrected chi connectivity index (χ0v) is 10.5. The van der Waals surface area contributed by atoms with Gasteiger partial charge in [-0.05, 0) is 25.8 Å². The lowest BCUT2D eigenvalue weighted by Crippen LogP contribution is -2.43. The predicted molar refractivity (Wildman–Crippen MR) is 67.6 cm³/mol. The first-order valence-electron chi connectivity index (χ1n) is 6.30. The van der Waals surface area contributed by atoms with Crippen LogP contribution in [0.4, 0.5) is 0 Å². The van der Waals surface area contributed by atoms with Crippen LogP contribution in [-0.4, -0.2) is 41.6 Å². The molecule has 5 nitrogen and oxygen atoms in total. The summed E-state index contributed by atoms with van der Waals surface area (Å²) in [4.78, 5) is 27.5. The van der Waals surface area contributed by atoms with E-state index in [1.54, 1.807) is 11.0 Å². The molecule has 1 aromatic heterocycles. The maximum Gasteiger partial charge on any atom is 0.255 e. The number of hydrogen-bond acceptors (Lipinski definition) is 3. The Kier molecular flexibility index (Phi) is 4.15. The number of piperidine rings is 1. The highest BCUT2D eigenvalue weighted by Gasteiger charge is 2.24. The third-order valence-corrected chi connectivity index (χ3v) is 3.10. The van der Waals surface area contributed by atoms with Gasteiger partial charge < -0.3 is 14.6 Å². The van der Waals surface area contributed by atoms with E-state index in [-0.39, 0.29) is 17.6 Å². The molecular formula is C13H18N2O3. The van der Waals surface area contributed by atoms with Crippen LogP contribution in [0.3, 0.4) is 0 Å². The second-order valence-corrected chi connectivity index (χ2v) is 4.41. The molecule has 1 aliphatic rings. The van der Waals surface area contributed by atoms with Crippen molar-refractivity contribution >= 4 is 5.91 Å². The minimum absolute atomic E-state index is 0.0457. The van der Waals surface area contributed by atoms with Crippen molar-refractivity contribution in [1.29, 1.82) is 0 Å². The van der Waals surface area contributed by atoms with E-state index < -0.39 is 0 Å². The zero-order valence-electron chi connectivity index (χ0n) is 10.5. The number of aromatic nitrogens is 1. The molecule has 1 unspecified atom stereocenters. The monoisotopic (exact) mass is 250 g/mol. The molecule has 0 saturated carbocycles. The van der Waals surface area contributed by atoms with E-state index in [1.165, 1.54) is 12.3 Å². The summed E-state index contributed by atoms with van der Waals surface area (Å²) in [6.07, 6.45) is 3.56. The molecule has 0 aliphatic carbocycles. The lowest BCUT2D eigenvalue weighted by molar-refractivity contribution is 0.00722. The fourth-order valence-corrected chi connectivity index (χ4v) is 2.22. The highest BCUT2D eigenvalue weighted by atomic mass is 16.5. The molecule has 1 fully saturated rings. The van der Waals surface area contributed by atoms with E-state index in [1.807, 2.05) is 6.92 Å². The average Bonchev–Trinajstić information content (AvgIpc) is 2.39. The maximum absolute atomic E-state index is 12.2. The molecule has 2 rings (SSSR count). The Morgan fingerprint density at radius 1 is 1.56 bits per heavy atom. The molecule has 98 valence electrons. The Labute approximate surface area is 106 Å². The Morgan fingerprint density at radius 2 is 2.39 bits per heavy atom. The molecule has 0 spiro atoms. The van der Waals surface area contributed by atoms with Gasteiger partial charge in [0.25, 0.3) is 5.91 Å². The van der Waals surface area contributed by atoms with Gasteiger partial charge >= 0.3 is 0 Å². The predicted octanol–water partition coefficient (Wildman–Crippen LogP) is 1.02. The first-order valence-corrected chi connectivity index (χ1v) is 6.30. The van der Waals surface area contributed by atoms with Gasteiger partial charge in [-0.25, -0.2) is 0 Å². The molecule has 1 aliphatic heterocycles. The summed E-state index contributed by atoms with van der Waals surface area (Å²) in [5.41, 5.74) is 0.323. The van der Waals surface area contributed by atoms with Gasteiger partial charge in [0.1, 0.15) is 0 Å². The Hall–Kier alpha value is -1.62. The molecule has 0 aromatic carbocycles. The second kappa shape index (κ2) is 5.82. The van der Waals surface area contributed by atoms with E-state index in [0.717, 1.165) is 19.4 Å². The molecule has 18 heavy (non-hydrogen) atoms. The van der Waals surface area contributed by atoms with Crippen LogP contribution >= 0.6 is 0 Å². The summed E-state index contributed by atoms with van der Waals surface area (Å²) < 4.78 is 5.57. The van der Waals surface area contributed by atoms with Crippen LogP contribution in [0.15, 0.2) is 23.1 Å². The largest absolute Gasteiger partial charge is 0.377 e. The number of pyridine rings is 1. The lowest BCUT2D eigenvalue weighted by atomic mass is 10.1. The standard InChI is InChI=1S/C13H18N2O3/c1-2-18-11-4-3-7-15(9-11)13(17)10-5-6-12(16)14-8-10/h5-6,8,11H,2-4,7,9H2,1H3,(H,14,16). The van der Waals surface area contributed by atoms with Gasteiger partial charge in [0.05, 0.1) is 11.7 Å². The smallest absolute Gasteiger partial charge is 0.255 e. The molecule has 1 amide bonds. The van der Waals surface area contributed by atoms with Gasteiger partial charge in [0.15, 0.2) is 0 Å². The topological polar surface area (TPSA) is 62.4 Å². The lowest BCUT2D eigenvalue weighted by Gasteiger charge is -2.32. The van der Waals surface area contributed by atoms with Crippen molar-refractivity contribution in [2.24, 2.45) is 0 Å². The Bertz CT molecular complexity index is 447. The van der Waals surface area contributed by atoms with E-state index in [9.17, 15) is 9.59 Å². The van der Waals surface area contributed by atoms with Crippen molar-refractivity contribution in [2.45, 2.75) is 25.9 Å². The third kappa shape index (κ3) is 2.98. The average molecular weight is 250 g/mol. The molecule has 0 bridgehead atoms. The fraction of sp³-hybridized carbons (Fsp3) is 0.538. The van der Waals surface area contributed by atoms with Crippen LogP contribution in [0.5, 0.6) is 0 Å². The van der Waals surface area contributed by atoms with Crippen LogP contribution in [-0.2, 0) is 4.74 Å². The number of ether oxygens (including phenoxy) is 1.